The predicted molar refractivity (Wildman–Crippen MR) is 76.9 cm³/mol. The minimum absolute atomic E-state index is 0.0391. The van der Waals surface area contributed by atoms with Crippen LogP contribution in [0.15, 0.2) is 17.0 Å². The van der Waals surface area contributed by atoms with Gasteiger partial charge in [-0.25, -0.2) is 12.7 Å². The van der Waals surface area contributed by atoms with E-state index in [9.17, 15) is 8.42 Å². The van der Waals surface area contributed by atoms with Crippen molar-refractivity contribution in [3.63, 3.8) is 0 Å². The molecule has 0 heterocycles. The van der Waals surface area contributed by atoms with E-state index >= 15 is 0 Å². The van der Waals surface area contributed by atoms with E-state index in [1.165, 1.54) is 17.4 Å². The summed E-state index contributed by atoms with van der Waals surface area (Å²) in [5, 5.41) is 0.185. The highest BCUT2D eigenvalue weighted by Gasteiger charge is 2.24. The van der Waals surface area contributed by atoms with Gasteiger partial charge in [-0.2, -0.15) is 0 Å². The van der Waals surface area contributed by atoms with Crippen LogP contribution in [0.2, 0.25) is 5.02 Å². The summed E-state index contributed by atoms with van der Waals surface area (Å²) in [6.45, 7) is 2.64. The first-order valence-electron chi connectivity index (χ1n) is 5.81. The molecule has 108 valence electrons. The molecule has 0 unspecified atom stereocenters. The van der Waals surface area contributed by atoms with Crippen molar-refractivity contribution in [1.29, 1.82) is 0 Å². The second-order valence-corrected chi connectivity index (χ2v) is 6.73. The van der Waals surface area contributed by atoms with Crippen molar-refractivity contribution < 1.29 is 13.2 Å². The molecule has 1 aromatic carbocycles. The maximum atomic E-state index is 12.4. The Morgan fingerprint density at radius 1 is 1.42 bits per heavy atom. The third-order valence-corrected chi connectivity index (χ3v) is 5.15. The standard InChI is InChI=1S/C12H19ClN2O3S/c1-9-7-10(13)12(8-11(9)14)19(16,17)15(2)5-4-6-18-3/h7-8H,4-6,14H2,1-3H3. The normalized spacial score (nSPS) is 12.1. The Morgan fingerprint density at radius 2 is 2.05 bits per heavy atom. The third kappa shape index (κ3) is 3.82. The molecule has 0 atom stereocenters. The van der Waals surface area contributed by atoms with Crippen molar-refractivity contribution >= 4 is 27.3 Å². The lowest BCUT2D eigenvalue weighted by Crippen LogP contribution is -2.29. The van der Waals surface area contributed by atoms with Gasteiger partial charge in [-0.1, -0.05) is 11.6 Å². The highest BCUT2D eigenvalue weighted by atomic mass is 35.5. The van der Waals surface area contributed by atoms with Crippen LogP contribution in [0.4, 0.5) is 5.69 Å². The highest BCUT2D eigenvalue weighted by Crippen LogP contribution is 2.28. The van der Waals surface area contributed by atoms with Gasteiger partial charge in [0.05, 0.1) is 5.02 Å². The summed E-state index contributed by atoms with van der Waals surface area (Å²) < 4.78 is 30.9. The van der Waals surface area contributed by atoms with Gasteiger partial charge in [-0.3, -0.25) is 0 Å². The van der Waals surface area contributed by atoms with Gasteiger partial charge in [-0.15, -0.1) is 0 Å². The zero-order chi connectivity index (χ0) is 14.6. The maximum absolute atomic E-state index is 12.4. The number of benzene rings is 1. The number of nitrogens with zero attached hydrogens (tertiary/aromatic N) is 1. The minimum Gasteiger partial charge on any atom is -0.398 e. The smallest absolute Gasteiger partial charge is 0.244 e. The van der Waals surface area contributed by atoms with E-state index in [1.807, 2.05) is 0 Å². The molecular weight excluding hydrogens is 288 g/mol. The van der Waals surface area contributed by atoms with Crippen molar-refractivity contribution in [2.75, 3.05) is 33.0 Å². The average Bonchev–Trinajstić information content (AvgIpc) is 2.33. The fraction of sp³-hybridized carbons (Fsp3) is 0.500. The number of anilines is 1. The molecule has 7 heteroatoms. The summed E-state index contributed by atoms with van der Waals surface area (Å²) in [5.74, 6) is 0. The Kier molecular flexibility index (Phi) is 5.61. The van der Waals surface area contributed by atoms with Gasteiger partial charge in [0.2, 0.25) is 10.0 Å². The van der Waals surface area contributed by atoms with Crippen molar-refractivity contribution in [3.05, 3.63) is 22.7 Å². The van der Waals surface area contributed by atoms with E-state index < -0.39 is 10.0 Å². The SMILES string of the molecule is COCCCN(C)S(=O)(=O)c1cc(N)c(C)cc1Cl. The number of ether oxygens (including phenoxy) is 1. The molecule has 0 spiro atoms. The lowest BCUT2D eigenvalue weighted by Gasteiger charge is -2.18. The predicted octanol–water partition coefficient (Wildman–Crippen LogP) is 1.89. The van der Waals surface area contributed by atoms with Crippen molar-refractivity contribution in [3.8, 4) is 0 Å². The summed E-state index contributed by atoms with van der Waals surface area (Å²) in [5.41, 5.74) is 6.91. The molecule has 0 aliphatic carbocycles. The molecule has 1 aromatic rings. The van der Waals surface area contributed by atoms with E-state index in [2.05, 4.69) is 0 Å². The molecule has 0 bridgehead atoms. The molecule has 0 aromatic heterocycles. The topological polar surface area (TPSA) is 72.6 Å². The summed E-state index contributed by atoms with van der Waals surface area (Å²) in [4.78, 5) is 0.0391. The zero-order valence-electron chi connectivity index (χ0n) is 11.3. The second kappa shape index (κ2) is 6.56. The number of methoxy groups -OCH3 is 1. The Balaban J connectivity index is 3.03. The van der Waals surface area contributed by atoms with Gasteiger partial charge in [0.1, 0.15) is 4.90 Å². The first-order valence-corrected chi connectivity index (χ1v) is 7.63. The van der Waals surface area contributed by atoms with Gasteiger partial charge in [0.15, 0.2) is 0 Å². The number of aryl methyl sites for hydroxylation is 1. The van der Waals surface area contributed by atoms with Crippen LogP contribution in [0.3, 0.4) is 0 Å². The zero-order valence-corrected chi connectivity index (χ0v) is 12.9. The van der Waals surface area contributed by atoms with E-state index in [4.69, 9.17) is 22.1 Å². The van der Waals surface area contributed by atoms with Crippen LogP contribution in [0, 0.1) is 6.92 Å². The van der Waals surface area contributed by atoms with Crippen LogP contribution >= 0.6 is 11.6 Å². The summed E-state index contributed by atoms with van der Waals surface area (Å²) in [6.07, 6.45) is 0.616. The molecule has 1 rings (SSSR count). The number of rotatable bonds is 6. The minimum atomic E-state index is -3.62. The lowest BCUT2D eigenvalue weighted by molar-refractivity contribution is 0.189. The Bertz CT molecular complexity index is 546. The molecule has 0 saturated carbocycles. The van der Waals surface area contributed by atoms with E-state index in [-0.39, 0.29) is 9.92 Å². The molecule has 5 nitrogen and oxygen atoms in total. The summed E-state index contributed by atoms with van der Waals surface area (Å²) in [6, 6.07) is 2.96. The summed E-state index contributed by atoms with van der Waals surface area (Å²) in [7, 11) is -0.537. The van der Waals surface area contributed by atoms with Gasteiger partial charge in [0, 0.05) is 33.0 Å². The first-order chi connectivity index (χ1) is 8.80. The Labute approximate surface area is 119 Å². The van der Waals surface area contributed by atoms with Gasteiger partial charge in [-0.05, 0) is 31.0 Å². The molecule has 0 amide bonds. The third-order valence-electron chi connectivity index (χ3n) is 2.83. The largest absolute Gasteiger partial charge is 0.398 e. The van der Waals surface area contributed by atoms with Crippen molar-refractivity contribution in [2.45, 2.75) is 18.2 Å². The number of hydrogen-bond donors (Lipinski definition) is 1. The van der Waals surface area contributed by atoms with Gasteiger partial charge < -0.3 is 10.5 Å². The number of nitrogen functional groups attached to an aromatic ring is 1. The number of sulfonamides is 1. The molecule has 0 aliphatic heterocycles. The van der Waals surface area contributed by atoms with Crippen molar-refractivity contribution in [2.24, 2.45) is 0 Å². The van der Waals surface area contributed by atoms with Gasteiger partial charge in [0.25, 0.3) is 0 Å². The molecule has 19 heavy (non-hydrogen) atoms. The maximum Gasteiger partial charge on any atom is 0.244 e. The van der Waals surface area contributed by atoms with Crippen LogP contribution in [0.1, 0.15) is 12.0 Å². The van der Waals surface area contributed by atoms with E-state index in [1.54, 1.807) is 20.1 Å². The average molecular weight is 307 g/mol. The summed E-state index contributed by atoms with van der Waals surface area (Å²) >= 11 is 6.01. The van der Waals surface area contributed by atoms with Crippen molar-refractivity contribution in [1.82, 2.24) is 4.31 Å². The molecular formula is C12H19ClN2O3S. The van der Waals surface area contributed by atoms with E-state index in [0.29, 0.717) is 25.3 Å². The van der Waals surface area contributed by atoms with Crippen LogP contribution in [0.5, 0.6) is 0 Å². The van der Waals surface area contributed by atoms with E-state index in [0.717, 1.165) is 5.56 Å². The Hall–Kier alpha value is -0.820. The molecule has 0 fully saturated rings. The van der Waals surface area contributed by atoms with Crippen LogP contribution in [-0.2, 0) is 14.8 Å². The molecule has 0 radical (unpaired) electrons. The molecule has 0 saturated heterocycles. The van der Waals surface area contributed by atoms with Gasteiger partial charge >= 0.3 is 0 Å². The van der Waals surface area contributed by atoms with Crippen LogP contribution in [0.25, 0.3) is 0 Å². The first kappa shape index (κ1) is 16.2. The monoisotopic (exact) mass is 306 g/mol. The number of hydrogen-bond acceptors (Lipinski definition) is 4. The van der Waals surface area contributed by atoms with Crippen LogP contribution in [-0.4, -0.2) is 40.0 Å². The molecule has 2 N–H and O–H groups in total. The number of nitrogens with two attached hydrogens (primary N) is 1. The Morgan fingerprint density at radius 3 is 2.63 bits per heavy atom. The second-order valence-electron chi connectivity index (χ2n) is 4.31. The highest BCUT2D eigenvalue weighted by molar-refractivity contribution is 7.89. The quantitative estimate of drug-likeness (QED) is 0.643. The molecule has 0 aliphatic rings. The fourth-order valence-electron chi connectivity index (χ4n) is 1.59. The van der Waals surface area contributed by atoms with Crippen LogP contribution < -0.4 is 5.73 Å². The number of halogens is 1. The fourth-order valence-corrected chi connectivity index (χ4v) is 3.38. The lowest BCUT2D eigenvalue weighted by atomic mass is 10.2.